The zero-order valence-corrected chi connectivity index (χ0v) is 14.7. The average molecular weight is 411 g/mol. The van der Waals surface area contributed by atoms with Gasteiger partial charge in [0.2, 0.25) is 0 Å². The molecule has 124 valence electrons. The lowest BCUT2D eigenvalue weighted by Crippen LogP contribution is -2.20. The van der Waals surface area contributed by atoms with Crippen LogP contribution in [0.5, 0.6) is 5.75 Å². The number of carbonyl (C=O) groups excluding carboxylic acids is 2. The van der Waals surface area contributed by atoms with Gasteiger partial charge in [-0.25, -0.2) is 5.43 Å². The summed E-state index contributed by atoms with van der Waals surface area (Å²) in [6, 6.07) is 11.6. The minimum atomic E-state index is -0.558. The molecule has 6 nitrogen and oxygen atoms in total. The molecule has 0 saturated heterocycles. The maximum Gasteiger partial charge on any atom is 0.271 e. The van der Waals surface area contributed by atoms with Crippen molar-refractivity contribution in [1.29, 1.82) is 0 Å². The van der Waals surface area contributed by atoms with Crippen LogP contribution in [0.1, 0.15) is 15.9 Å². The number of ether oxygens (including phenoxy) is 1. The van der Waals surface area contributed by atoms with Crippen LogP contribution in [-0.2, 0) is 4.79 Å². The Balaban J connectivity index is 1.96. The lowest BCUT2D eigenvalue weighted by atomic mass is 10.2. The monoisotopic (exact) mass is 409 g/mol. The normalized spacial score (nSPS) is 10.6. The summed E-state index contributed by atoms with van der Waals surface area (Å²) in [7, 11) is 0. The van der Waals surface area contributed by atoms with Crippen molar-refractivity contribution in [2.45, 2.75) is 0 Å². The molecule has 3 N–H and O–H groups in total. The van der Waals surface area contributed by atoms with E-state index in [4.69, 9.17) is 22.1 Å². The standard InChI is InChI=1S/C16H13BrClN3O3/c17-13-7-10(1-6-14(13)24-9-15(19)22)8-20-21-16(23)11-2-4-12(18)5-3-11/h1-8H,9H2,(H2,19,22)(H,21,23)/b20-8+. The minimum absolute atomic E-state index is 0.205. The molecule has 0 aliphatic carbocycles. The average Bonchev–Trinajstić information content (AvgIpc) is 2.54. The Bertz CT molecular complexity index is 779. The Labute approximate surface area is 151 Å². The Morgan fingerprint density at radius 1 is 1.25 bits per heavy atom. The number of halogens is 2. The molecule has 0 aliphatic rings. The summed E-state index contributed by atoms with van der Waals surface area (Å²) in [6.45, 7) is -0.205. The molecule has 0 atom stereocenters. The van der Waals surface area contributed by atoms with Crippen molar-refractivity contribution in [3.63, 3.8) is 0 Å². The number of hydrogen-bond donors (Lipinski definition) is 2. The molecule has 0 unspecified atom stereocenters. The van der Waals surface area contributed by atoms with Gasteiger partial charge in [0.25, 0.3) is 11.8 Å². The zero-order chi connectivity index (χ0) is 17.5. The lowest BCUT2D eigenvalue weighted by Gasteiger charge is -2.06. The molecule has 2 aromatic rings. The van der Waals surface area contributed by atoms with Crippen molar-refractivity contribution in [3.8, 4) is 5.75 Å². The molecule has 0 radical (unpaired) electrons. The van der Waals surface area contributed by atoms with Crippen LogP contribution in [0, 0.1) is 0 Å². The van der Waals surface area contributed by atoms with Crippen molar-refractivity contribution >= 4 is 45.6 Å². The third-order valence-corrected chi connectivity index (χ3v) is 3.68. The van der Waals surface area contributed by atoms with Crippen molar-refractivity contribution in [2.75, 3.05) is 6.61 Å². The van der Waals surface area contributed by atoms with Gasteiger partial charge in [0.1, 0.15) is 5.75 Å². The van der Waals surface area contributed by atoms with Crippen molar-refractivity contribution in [3.05, 3.63) is 63.1 Å². The molecule has 0 bridgehead atoms. The predicted molar refractivity (Wildman–Crippen MR) is 95.3 cm³/mol. The summed E-state index contributed by atoms with van der Waals surface area (Å²) in [5.74, 6) is -0.419. The first-order valence-electron chi connectivity index (χ1n) is 6.75. The van der Waals surface area contributed by atoms with E-state index in [1.807, 2.05) is 0 Å². The highest BCUT2D eigenvalue weighted by molar-refractivity contribution is 9.10. The topological polar surface area (TPSA) is 93.8 Å². The maximum absolute atomic E-state index is 11.9. The van der Waals surface area contributed by atoms with Crippen LogP contribution in [-0.4, -0.2) is 24.6 Å². The van der Waals surface area contributed by atoms with E-state index in [9.17, 15) is 9.59 Å². The molecule has 2 amide bonds. The van der Waals surface area contributed by atoms with Crippen LogP contribution < -0.4 is 15.9 Å². The Hall–Kier alpha value is -2.38. The number of hydrogen-bond acceptors (Lipinski definition) is 4. The number of benzene rings is 2. The van der Waals surface area contributed by atoms with Gasteiger partial charge >= 0.3 is 0 Å². The molecular weight excluding hydrogens is 398 g/mol. The molecule has 0 fully saturated rings. The van der Waals surface area contributed by atoms with E-state index in [-0.39, 0.29) is 12.5 Å². The quantitative estimate of drug-likeness (QED) is 0.566. The van der Waals surface area contributed by atoms with Crippen LogP contribution in [0.3, 0.4) is 0 Å². The van der Waals surface area contributed by atoms with Crippen LogP contribution in [0.25, 0.3) is 0 Å². The summed E-state index contributed by atoms with van der Waals surface area (Å²) >= 11 is 9.09. The fraction of sp³-hybridized carbons (Fsp3) is 0.0625. The Morgan fingerprint density at radius 2 is 1.96 bits per heavy atom. The summed E-state index contributed by atoms with van der Waals surface area (Å²) in [6.07, 6.45) is 1.48. The second-order valence-corrected chi connectivity index (χ2v) is 5.94. The van der Waals surface area contributed by atoms with E-state index in [1.54, 1.807) is 42.5 Å². The van der Waals surface area contributed by atoms with Crippen molar-refractivity contribution in [1.82, 2.24) is 5.43 Å². The van der Waals surface area contributed by atoms with Gasteiger partial charge < -0.3 is 10.5 Å². The third kappa shape index (κ3) is 5.36. The highest BCUT2D eigenvalue weighted by Crippen LogP contribution is 2.25. The van der Waals surface area contributed by atoms with Crippen LogP contribution in [0.4, 0.5) is 0 Å². The van der Waals surface area contributed by atoms with Gasteiger partial charge in [0.05, 0.1) is 10.7 Å². The molecule has 0 aliphatic heterocycles. The van der Waals surface area contributed by atoms with E-state index >= 15 is 0 Å². The predicted octanol–water partition coefficient (Wildman–Crippen LogP) is 2.73. The number of rotatable bonds is 6. The second kappa shape index (κ2) is 8.47. The van der Waals surface area contributed by atoms with Gasteiger partial charge in [-0.2, -0.15) is 5.10 Å². The fourth-order valence-electron chi connectivity index (χ4n) is 1.69. The van der Waals surface area contributed by atoms with Crippen LogP contribution in [0.15, 0.2) is 52.0 Å². The number of hydrazone groups is 1. The number of primary amides is 1. The van der Waals surface area contributed by atoms with E-state index in [0.29, 0.717) is 20.8 Å². The smallest absolute Gasteiger partial charge is 0.271 e. The van der Waals surface area contributed by atoms with Crippen molar-refractivity contribution < 1.29 is 14.3 Å². The SMILES string of the molecule is NC(=O)COc1ccc(/C=N/NC(=O)c2ccc(Cl)cc2)cc1Br. The lowest BCUT2D eigenvalue weighted by molar-refractivity contribution is -0.119. The van der Waals surface area contributed by atoms with Gasteiger partial charge in [-0.05, 0) is 64.0 Å². The van der Waals surface area contributed by atoms with Gasteiger partial charge in [0.15, 0.2) is 6.61 Å². The molecule has 2 aromatic carbocycles. The molecule has 0 saturated carbocycles. The van der Waals surface area contributed by atoms with E-state index in [1.165, 1.54) is 6.21 Å². The molecule has 0 heterocycles. The number of nitrogens with two attached hydrogens (primary N) is 1. The molecule has 0 spiro atoms. The maximum atomic E-state index is 11.9. The van der Waals surface area contributed by atoms with E-state index in [2.05, 4.69) is 26.5 Å². The highest BCUT2D eigenvalue weighted by atomic mass is 79.9. The molecule has 24 heavy (non-hydrogen) atoms. The number of carbonyl (C=O) groups is 2. The largest absolute Gasteiger partial charge is 0.483 e. The summed E-state index contributed by atoms with van der Waals surface area (Å²) in [5, 5.41) is 4.45. The third-order valence-electron chi connectivity index (χ3n) is 2.81. The van der Waals surface area contributed by atoms with Gasteiger partial charge in [-0.1, -0.05) is 11.6 Å². The number of nitrogens with one attached hydrogen (secondary N) is 1. The van der Waals surface area contributed by atoms with Crippen LogP contribution in [0.2, 0.25) is 5.02 Å². The Kier molecular flexibility index (Phi) is 6.34. The summed E-state index contributed by atoms with van der Waals surface area (Å²) < 4.78 is 5.85. The molecule has 8 heteroatoms. The second-order valence-electron chi connectivity index (χ2n) is 4.65. The zero-order valence-electron chi connectivity index (χ0n) is 12.3. The summed E-state index contributed by atoms with van der Waals surface area (Å²) in [5.41, 5.74) is 8.62. The molecular formula is C16H13BrClN3O3. The fourth-order valence-corrected chi connectivity index (χ4v) is 2.33. The Morgan fingerprint density at radius 3 is 2.58 bits per heavy atom. The van der Waals surface area contributed by atoms with Gasteiger partial charge in [-0.15, -0.1) is 0 Å². The summed E-state index contributed by atoms with van der Waals surface area (Å²) in [4.78, 5) is 22.6. The molecule has 2 rings (SSSR count). The number of nitrogens with zero attached hydrogens (tertiary/aromatic N) is 1. The van der Waals surface area contributed by atoms with E-state index < -0.39 is 5.91 Å². The van der Waals surface area contributed by atoms with Gasteiger partial charge in [-0.3, -0.25) is 9.59 Å². The molecule has 0 aromatic heterocycles. The first-order valence-corrected chi connectivity index (χ1v) is 7.92. The van der Waals surface area contributed by atoms with E-state index in [0.717, 1.165) is 5.56 Å². The minimum Gasteiger partial charge on any atom is -0.483 e. The highest BCUT2D eigenvalue weighted by Gasteiger charge is 2.05. The van der Waals surface area contributed by atoms with Gasteiger partial charge in [0, 0.05) is 10.6 Å². The number of amides is 2. The van der Waals surface area contributed by atoms with Crippen LogP contribution >= 0.6 is 27.5 Å². The first-order chi connectivity index (χ1) is 11.5. The van der Waals surface area contributed by atoms with Crippen molar-refractivity contribution in [2.24, 2.45) is 10.8 Å². The first kappa shape index (κ1) is 18.0.